The van der Waals surface area contributed by atoms with Crippen molar-refractivity contribution in [3.05, 3.63) is 90.0 Å². The predicted octanol–water partition coefficient (Wildman–Crippen LogP) is 7.41. The maximum atomic E-state index is 13.5. The van der Waals surface area contributed by atoms with E-state index in [0.717, 1.165) is 48.5 Å². The van der Waals surface area contributed by atoms with Crippen molar-refractivity contribution in [3.63, 3.8) is 0 Å². The number of amides is 1. The molecule has 3 aromatic rings. The van der Waals surface area contributed by atoms with Gasteiger partial charge in [-0.15, -0.1) is 11.8 Å². The first-order valence-corrected chi connectivity index (χ1v) is 14.9. The number of piperidine rings is 2. The molecule has 3 nitrogen and oxygen atoms in total. The molecule has 2 aliphatic heterocycles. The van der Waals surface area contributed by atoms with Crippen LogP contribution in [0.15, 0.2) is 83.8 Å². The molecule has 0 N–H and O–H groups in total. The van der Waals surface area contributed by atoms with Crippen molar-refractivity contribution in [3.8, 4) is 11.1 Å². The van der Waals surface area contributed by atoms with Gasteiger partial charge in [0.2, 0.25) is 0 Å². The molecule has 1 amide bonds. The molecule has 3 aromatic carbocycles. The van der Waals surface area contributed by atoms with E-state index in [2.05, 4.69) is 66.1 Å². The van der Waals surface area contributed by atoms with Gasteiger partial charge in [0.15, 0.2) is 0 Å². The average Bonchev–Trinajstić information content (AvgIpc) is 2.94. The molecule has 0 unspecified atom stereocenters. The molecule has 2 aliphatic rings. The number of rotatable bonds is 7. The molecular weight excluding hydrogens is 472 g/mol. The van der Waals surface area contributed by atoms with Crippen molar-refractivity contribution in [2.45, 2.75) is 62.1 Å². The Labute approximate surface area is 227 Å². The van der Waals surface area contributed by atoms with Gasteiger partial charge in [-0.2, -0.15) is 0 Å². The van der Waals surface area contributed by atoms with Gasteiger partial charge >= 0.3 is 0 Å². The minimum absolute atomic E-state index is 0.175. The smallest absolute Gasteiger partial charge is 0.254 e. The summed E-state index contributed by atoms with van der Waals surface area (Å²) < 4.78 is 0. The van der Waals surface area contributed by atoms with Gasteiger partial charge in [0.25, 0.3) is 5.91 Å². The molecule has 5 rings (SSSR count). The van der Waals surface area contributed by atoms with Crippen LogP contribution in [0.1, 0.15) is 55.5 Å². The summed E-state index contributed by atoms with van der Waals surface area (Å²) in [4.78, 5) is 19.6. The summed E-state index contributed by atoms with van der Waals surface area (Å²) in [6.45, 7) is 8.60. The van der Waals surface area contributed by atoms with Gasteiger partial charge in [0.1, 0.15) is 0 Å². The molecule has 37 heavy (non-hydrogen) atoms. The standard InChI is InChI=1S/C33H40N2OS/c1-25(2)37-30-14-12-26(13-15-30)24-27-16-20-34(21-17-27)29-18-22-35(23-19-29)33(36)32-11-7-6-10-31(32)28-8-4-3-5-9-28/h3-15,25,27,29H,16-24H2,1-2H3. The predicted molar refractivity (Wildman–Crippen MR) is 156 cm³/mol. The summed E-state index contributed by atoms with van der Waals surface area (Å²) in [5, 5.41) is 0.630. The summed E-state index contributed by atoms with van der Waals surface area (Å²) in [5.74, 6) is 0.963. The molecule has 2 fully saturated rings. The molecule has 0 atom stereocenters. The van der Waals surface area contributed by atoms with Crippen molar-refractivity contribution in [2.24, 2.45) is 5.92 Å². The summed E-state index contributed by atoms with van der Waals surface area (Å²) in [6, 6.07) is 28.2. The normalized spacial score (nSPS) is 17.9. The lowest BCUT2D eigenvalue weighted by atomic mass is 9.88. The second-order valence-corrected chi connectivity index (χ2v) is 12.6. The molecule has 0 bridgehead atoms. The highest BCUT2D eigenvalue weighted by molar-refractivity contribution is 7.99. The van der Waals surface area contributed by atoms with Gasteiger partial charge in [0.05, 0.1) is 0 Å². The Morgan fingerprint density at radius 3 is 2.14 bits per heavy atom. The van der Waals surface area contributed by atoms with Gasteiger partial charge in [0, 0.05) is 34.8 Å². The lowest BCUT2D eigenvalue weighted by molar-refractivity contribution is 0.0553. The quantitative estimate of drug-likeness (QED) is 0.308. The second-order valence-electron chi connectivity index (χ2n) is 10.9. The third-order valence-electron chi connectivity index (χ3n) is 7.98. The van der Waals surface area contributed by atoms with Gasteiger partial charge < -0.3 is 9.80 Å². The number of carbonyl (C=O) groups is 1. The van der Waals surface area contributed by atoms with Crippen LogP contribution in [-0.4, -0.2) is 53.2 Å². The number of thioether (sulfide) groups is 1. The summed E-state index contributed by atoms with van der Waals surface area (Å²) >= 11 is 1.94. The van der Waals surface area contributed by atoms with Crippen LogP contribution in [-0.2, 0) is 6.42 Å². The minimum atomic E-state index is 0.175. The van der Waals surface area contributed by atoms with Crippen LogP contribution >= 0.6 is 11.8 Å². The Bertz CT molecular complexity index is 1140. The highest BCUT2D eigenvalue weighted by atomic mass is 32.2. The fourth-order valence-corrected chi connectivity index (χ4v) is 6.81. The van der Waals surface area contributed by atoms with Gasteiger partial charge in [-0.1, -0.05) is 74.5 Å². The molecule has 0 aliphatic carbocycles. The zero-order valence-electron chi connectivity index (χ0n) is 22.3. The Morgan fingerprint density at radius 1 is 0.811 bits per heavy atom. The molecule has 0 radical (unpaired) electrons. The zero-order valence-corrected chi connectivity index (χ0v) is 23.1. The molecule has 2 heterocycles. The third kappa shape index (κ3) is 6.66. The number of benzene rings is 3. The number of carbonyl (C=O) groups excluding carboxylic acids is 1. The van der Waals surface area contributed by atoms with E-state index in [1.165, 1.54) is 42.8 Å². The number of nitrogens with zero attached hydrogens (tertiary/aromatic N) is 2. The largest absolute Gasteiger partial charge is 0.339 e. The van der Waals surface area contributed by atoms with Crippen molar-refractivity contribution < 1.29 is 4.79 Å². The maximum Gasteiger partial charge on any atom is 0.254 e. The summed E-state index contributed by atoms with van der Waals surface area (Å²) in [6.07, 6.45) is 5.93. The van der Waals surface area contributed by atoms with E-state index in [1.54, 1.807) is 0 Å². The molecule has 194 valence electrons. The lowest BCUT2D eigenvalue weighted by Crippen LogP contribution is -2.49. The van der Waals surface area contributed by atoms with E-state index in [-0.39, 0.29) is 5.91 Å². The van der Waals surface area contributed by atoms with E-state index in [0.29, 0.717) is 11.3 Å². The molecule has 0 aromatic heterocycles. The first kappa shape index (κ1) is 26.1. The van der Waals surface area contributed by atoms with Crippen LogP contribution in [0.4, 0.5) is 0 Å². The van der Waals surface area contributed by atoms with Crippen LogP contribution in [0.5, 0.6) is 0 Å². The van der Waals surface area contributed by atoms with E-state index >= 15 is 0 Å². The minimum Gasteiger partial charge on any atom is -0.339 e. The maximum absolute atomic E-state index is 13.5. The molecule has 0 spiro atoms. The average molecular weight is 513 g/mol. The van der Waals surface area contributed by atoms with Crippen LogP contribution < -0.4 is 0 Å². The first-order valence-electron chi connectivity index (χ1n) is 14.0. The SMILES string of the molecule is CC(C)Sc1ccc(CC2CCN(C3CCN(C(=O)c4ccccc4-c4ccccc4)CC3)CC2)cc1. The topological polar surface area (TPSA) is 23.6 Å². The third-order valence-corrected chi connectivity index (χ3v) is 8.99. The van der Waals surface area contributed by atoms with Gasteiger partial charge in [-0.25, -0.2) is 0 Å². The van der Waals surface area contributed by atoms with Crippen molar-refractivity contribution >= 4 is 17.7 Å². The summed E-state index contributed by atoms with van der Waals surface area (Å²) in [7, 11) is 0. The van der Waals surface area contributed by atoms with Crippen molar-refractivity contribution in [2.75, 3.05) is 26.2 Å². The molecular formula is C33H40N2OS. The molecule has 0 saturated carbocycles. The number of hydrogen-bond acceptors (Lipinski definition) is 3. The number of hydrogen-bond donors (Lipinski definition) is 0. The van der Waals surface area contributed by atoms with Crippen molar-refractivity contribution in [1.82, 2.24) is 9.80 Å². The van der Waals surface area contributed by atoms with E-state index < -0.39 is 0 Å². The fourth-order valence-electron chi connectivity index (χ4n) is 5.98. The summed E-state index contributed by atoms with van der Waals surface area (Å²) in [5.41, 5.74) is 4.44. The van der Waals surface area contributed by atoms with Crippen LogP contribution in [0.2, 0.25) is 0 Å². The van der Waals surface area contributed by atoms with Gasteiger partial charge in [-0.05, 0) is 86.0 Å². The Morgan fingerprint density at radius 2 is 1.46 bits per heavy atom. The van der Waals surface area contributed by atoms with Gasteiger partial charge in [-0.3, -0.25) is 4.79 Å². The Hall–Kier alpha value is -2.56. The van der Waals surface area contributed by atoms with Crippen LogP contribution in [0, 0.1) is 5.92 Å². The highest BCUT2D eigenvalue weighted by Gasteiger charge is 2.30. The Kier molecular flexibility index (Phi) is 8.68. The van der Waals surface area contributed by atoms with Crippen LogP contribution in [0.3, 0.4) is 0 Å². The number of likely N-dealkylation sites (tertiary alicyclic amines) is 2. The zero-order chi connectivity index (χ0) is 25.6. The second kappa shape index (κ2) is 12.3. The fraction of sp³-hybridized carbons (Fsp3) is 0.424. The van der Waals surface area contributed by atoms with E-state index in [4.69, 9.17) is 0 Å². The van der Waals surface area contributed by atoms with Crippen molar-refractivity contribution in [1.29, 1.82) is 0 Å². The Balaban J connectivity index is 1.11. The highest BCUT2D eigenvalue weighted by Crippen LogP contribution is 2.30. The molecule has 4 heteroatoms. The molecule has 2 saturated heterocycles. The van der Waals surface area contributed by atoms with E-state index in [1.807, 2.05) is 48.2 Å². The monoisotopic (exact) mass is 512 g/mol. The van der Waals surface area contributed by atoms with Crippen LogP contribution in [0.25, 0.3) is 11.1 Å². The lowest BCUT2D eigenvalue weighted by Gasteiger charge is -2.42. The van der Waals surface area contributed by atoms with E-state index in [9.17, 15) is 4.79 Å². The first-order chi connectivity index (χ1) is 18.1.